The second-order valence-electron chi connectivity index (χ2n) is 1.21. The van der Waals surface area contributed by atoms with Gasteiger partial charge in [0, 0.05) is 0 Å². The Labute approximate surface area is 43.3 Å². The lowest BCUT2D eigenvalue weighted by Crippen LogP contribution is -1.76. The van der Waals surface area contributed by atoms with Gasteiger partial charge < -0.3 is 0 Å². The summed E-state index contributed by atoms with van der Waals surface area (Å²) in [6.45, 7) is 4.89. The van der Waals surface area contributed by atoms with E-state index in [0.717, 1.165) is 0 Å². The zero-order chi connectivity index (χ0) is 5.70. The number of ketones is 1. The van der Waals surface area contributed by atoms with Gasteiger partial charge in [0.25, 0.3) is 0 Å². The molecule has 0 radical (unpaired) electrons. The van der Waals surface area contributed by atoms with Crippen molar-refractivity contribution in [2.45, 2.75) is 6.92 Å². The van der Waals surface area contributed by atoms with Crippen LogP contribution in [0.4, 0.5) is 0 Å². The minimum absolute atomic E-state index is 0.0555. The van der Waals surface area contributed by atoms with E-state index < -0.39 is 0 Å². The van der Waals surface area contributed by atoms with E-state index in [2.05, 4.69) is 6.58 Å². The molecule has 0 saturated carbocycles. The molecule has 0 amide bonds. The van der Waals surface area contributed by atoms with E-state index in [1.807, 2.05) is 0 Å². The van der Waals surface area contributed by atoms with Crippen molar-refractivity contribution in [3.05, 3.63) is 24.8 Å². The molecule has 38 valence electrons. The molecule has 1 heteroatoms. The molecule has 0 atom stereocenters. The molecule has 0 N–H and O–H groups in total. The summed E-state index contributed by atoms with van der Waals surface area (Å²) in [5.74, 6) is 0.0555. The Kier molecular flexibility index (Phi) is 2.94. The Morgan fingerprint density at radius 2 is 2.29 bits per heavy atom. The van der Waals surface area contributed by atoms with Gasteiger partial charge in [-0.1, -0.05) is 18.7 Å². The molecule has 0 aliphatic heterocycles. The Hall–Kier alpha value is -0.850. The van der Waals surface area contributed by atoms with Crippen molar-refractivity contribution in [3.8, 4) is 0 Å². The summed E-state index contributed by atoms with van der Waals surface area (Å²) in [6, 6.07) is 0. The lowest BCUT2D eigenvalue weighted by molar-refractivity contribution is -0.112. The molecule has 0 fully saturated rings. The summed E-state index contributed by atoms with van der Waals surface area (Å²) in [7, 11) is 0. The summed E-state index contributed by atoms with van der Waals surface area (Å²) in [4.78, 5) is 10.1. The monoisotopic (exact) mass is 96.1 g/mol. The highest BCUT2D eigenvalue weighted by molar-refractivity contribution is 5.87. The Bertz CT molecular complexity index is 101. The van der Waals surface area contributed by atoms with E-state index in [4.69, 9.17) is 0 Å². The molecule has 0 aliphatic carbocycles. The van der Waals surface area contributed by atoms with Crippen LogP contribution in [0.5, 0.6) is 0 Å². The Morgan fingerprint density at radius 3 is 2.43 bits per heavy atom. The fraction of sp³-hybridized carbons (Fsp3) is 0.167. The molecular formula is C6H8O. The van der Waals surface area contributed by atoms with Gasteiger partial charge >= 0.3 is 0 Å². The summed E-state index contributed by atoms with van der Waals surface area (Å²) in [6.07, 6.45) is 4.65. The van der Waals surface area contributed by atoms with Gasteiger partial charge in [-0.05, 0) is 13.0 Å². The molecule has 7 heavy (non-hydrogen) atoms. The van der Waals surface area contributed by atoms with Crippen molar-refractivity contribution in [1.82, 2.24) is 0 Å². The highest BCUT2D eigenvalue weighted by atomic mass is 16.1. The average molecular weight is 96.1 g/mol. The number of rotatable bonds is 2. The predicted molar refractivity (Wildman–Crippen MR) is 30.0 cm³/mol. The number of carbonyl (C=O) groups is 1. The third kappa shape index (κ3) is 5.15. The van der Waals surface area contributed by atoms with Crippen molar-refractivity contribution in [1.29, 1.82) is 0 Å². The van der Waals surface area contributed by atoms with Crippen molar-refractivity contribution in [3.63, 3.8) is 0 Å². The molecule has 0 unspecified atom stereocenters. The highest BCUT2D eigenvalue weighted by Gasteiger charge is 1.74. The number of hydrogen-bond acceptors (Lipinski definition) is 1. The van der Waals surface area contributed by atoms with Crippen LogP contribution in [0.25, 0.3) is 0 Å². The fourth-order valence-corrected chi connectivity index (χ4v) is 0.204. The first-order valence-corrected chi connectivity index (χ1v) is 2.07. The summed E-state index contributed by atoms with van der Waals surface area (Å²) >= 11 is 0. The van der Waals surface area contributed by atoms with E-state index in [9.17, 15) is 4.79 Å². The maximum absolute atomic E-state index is 10.1. The van der Waals surface area contributed by atoms with Crippen LogP contribution in [0.1, 0.15) is 6.92 Å². The third-order valence-electron chi connectivity index (χ3n) is 0.467. The zero-order valence-corrected chi connectivity index (χ0v) is 4.35. The van der Waals surface area contributed by atoms with Crippen molar-refractivity contribution >= 4 is 5.78 Å². The van der Waals surface area contributed by atoms with Gasteiger partial charge in [-0.2, -0.15) is 0 Å². The highest BCUT2D eigenvalue weighted by Crippen LogP contribution is 1.72. The Balaban J connectivity index is 3.46. The standard InChI is InChI=1S/C6H8O/c1-3-4-5-6(2)7/h3-5H,1H2,2H3/b5-4+. The van der Waals surface area contributed by atoms with E-state index >= 15 is 0 Å². The molecule has 0 rings (SSSR count). The van der Waals surface area contributed by atoms with E-state index in [0.29, 0.717) is 0 Å². The van der Waals surface area contributed by atoms with Crippen LogP contribution in [0.2, 0.25) is 0 Å². The van der Waals surface area contributed by atoms with Crippen LogP contribution in [0.3, 0.4) is 0 Å². The fourth-order valence-electron chi connectivity index (χ4n) is 0.204. The van der Waals surface area contributed by atoms with Crippen LogP contribution in [-0.2, 0) is 4.79 Å². The molecule has 0 spiro atoms. The molecule has 0 aromatic carbocycles. The molecule has 0 saturated heterocycles. The average Bonchev–Trinajstić information content (AvgIpc) is 1.61. The van der Waals surface area contributed by atoms with Gasteiger partial charge in [0.1, 0.15) is 0 Å². The van der Waals surface area contributed by atoms with Crippen molar-refractivity contribution < 1.29 is 4.79 Å². The van der Waals surface area contributed by atoms with E-state index in [1.165, 1.54) is 13.0 Å². The van der Waals surface area contributed by atoms with Gasteiger partial charge in [0.15, 0.2) is 5.78 Å². The quantitative estimate of drug-likeness (QED) is 0.374. The maximum Gasteiger partial charge on any atom is 0.152 e. The van der Waals surface area contributed by atoms with Crippen LogP contribution in [0.15, 0.2) is 24.8 Å². The van der Waals surface area contributed by atoms with E-state index in [-0.39, 0.29) is 5.78 Å². The number of carbonyl (C=O) groups excluding carboxylic acids is 1. The zero-order valence-electron chi connectivity index (χ0n) is 4.35. The SMILES string of the molecule is C=C/C=C/C(C)=O. The van der Waals surface area contributed by atoms with Crippen molar-refractivity contribution in [2.24, 2.45) is 0 Å². The second kappa shape index (κ2) is 3.34. The van der Waals surface area contributed by atoms with Gasteiger partial charge in [-0.15, -0.1) is 0 Å². The van der Waals surface area contributed by atoms with Gasteiger partial charge in [-0.3, -0.25) is 4.79 Å². The minimum Gasteiger partial charge on any atom is -0.295 e. The van der Waals surface area contributed by atoms with Crippen LogP contribution in [0, 0.1) is 0 Å². The van der Waals surface area contributed by atoms with Gasteiger partial charge in [-0.25, -0.2) is 0 Å². The summed E-state index contributed by atoms with van der Waals surface area (Å²) < 4.78 is 0. The molecule has 0 aliphatic rings. The maximum atomic E-state index is 10.1. The van der Waals surface area contributed by atoms with E-state index in [1.54, 1.807) is 12.2 Å². The van der Waals surface area contributed by atoms with Crippen LogP contribution in [-0.4, -0.2) is 5.78 Å². The molecule has 0 aromatic heterocycles. The van der Waals surface area contributed by atoms with Crippen LogP contribution < -0.4 is 0 Å². The first-order chi connectivity index (χ1) is 3.27. The lowest BCUT2D eigenvalue weighted by atomic mass is 10.4. The minimum atomic E-state index is 0.0555. The molecule has 0 heterocycles. The smallest absolute Gasteiger partial charge is 0.152 e. The predicted octanol–water partition coefficient (Wildman–Crippen LogP) is 1.32. The normalized spacial score (nSPS) is 9.29. The Morgan fingerprint density at radius 1 is 1.71 bits per heavy atom. The van der Waals surface area contributed by atoms with Gasteiger partial charge in [0.2, 0.25) is 0 Å². The third-order valence-corrected chi connectivity index (χ3v) is 0.467. The molecule has 0 bridgehead atoms. The van der Waals surface area contributed by atoms with Gasteiger partial charge in [0.05, 0.1) is 0 Å². The first kappa shape index (κ1) is 6.15. The lowest BCUT2D eigenvalue weighted by Gasteiger charge is -1.70. The first-order valence-electron chi connectivity index (χ1n) is 2.07. The summed E-state index contributed by atoms with van der Waals surface area (Å²) in [5.41, 5.74) is 0. The molecule has 1 nitrogen and oxygen atoms in total. The summed E-state index contributed by atoms with van der Waals surface area (Å²) in [5, 5.41) is 0. The largest absolute Gasteiger partial charge is 0.295 e. The van der Waals surface area contributed by atoms with Crippen molar-refractivity contribution in [2.75, 3.05) is 0 Å². The topological polar surface area (TPSA) is 17.1 Å². The molecule has 0 aromatic rings. The molecular weight excluding hydrogens is 88.1 g/mol. The number of hydrogen-bond donors (Lipinski definition) is 0. The number of allylic oxidation sites excluding steroid dienone is 3. The second-order valence-corrected chi connectivity index (χ2v) is 1.21. The van der Waals surface area contributed by atoms with Crippen LogP contribution >= 0.6 is 0 Å².